The van der Waals surface area contributed by atoms with E-state index in [0.29, 0.717) is 0 Å². The van der Waals surface area contributed by atoms with Gasteiger partial charge in [-0.15, -0.1) is 0 Å². The van der Waals surface area contributed by atoms with Crippen molar-refractivity contribution >= 4 is 35.1 Å². The number of aromatic nitrogens is 1. The van der Waals surface area contributed by atoms with Crippen molar-refractivity contribution in [1.29, 1.82) is 0 Å². The van der Waals surface area contributed by atoms with Crippen molar-refractivity contribution in [3.63, 3.8) is 0 Å². The Morgan fingerprint density at radius 2 is 2.11 bits per heavy atom. The molecule has 0 atom stereocenters. The number of ether oxygens (including phenoxy) is 1. The molecule has 5 nitrogen and oxygen atoms in total. The van der Waals surface area contributed by atoms with E-state index < -0.39 is 0 Å². The number of esters is 1. The standard InChI is InChI=1S/C11H12Cl2N2O3/c1-15(4-3-10(16)18-2)11(17)7-5-9(13)14-6-8(7)12/h5-6H,3-4H2,1-2H3. The largest absolute Gasteiger partial charge is 0.469 e. The lowest BCUT2D eigenvalue weighted by atomic mass is 10.2. The SMILES string of the molecule is COC(=O)CCN(C)C(=O)c1cc(Cl)ncc1Cl. The van der Waals surface area contributed by atoms with Gasteiger partial charge in [0.1, 0.15) is 5.15 Å². The summed E-state index contributed by atoms with van der Waals surface area (Å²) in [5, 5.41) is 0.401. The van der Waals surface area contributed by atoms with Crippen LogP contribution >= 0.6 is 23.2 Å². The summed E-state index contributed by atoms with van der Waals surface area (Å²) in [6.07, 6.45) is 1.43. The molecule has 0 radical (unpaired) electrons. The third kappa shape index (κ3) is 3.85. The van der Waals surface area contributed by atoms with Crippen LogP contribution in [0.25, 0.3) is 0 Å². The predicted octanol–water partition coefficient (Wildman–Crippen LogP) is 2.02. The number of methoxy groups -OCH3 is 1. The summed E-state index contributed by atoms with van der Waals surface area (Å²) >= 11 is 11.6. The molecule has 1 aromatic heterocycles. The van der Waals surface area contributed by atoms with E-state index in [-0.39, 0.29) is 40.6 Å². The zero-order chi connectivity index (χ0) is 13.7. The Bertz CT molecular complexity index is 466. The average molecular weight is 291 g/mol. The fraction of sp³-hybridized carbons (Fsp3) is 0.364. The van der Waals surface area contributed by atoms with E-state index in [2.05, 4.69) is 9.72 Å². The van der Waals surface area contributed by atoms with Gasteiger partial charge in [0.2, 0.25) is 0 Å². The van der Waals surface area contributed by atoms with Crippen LogP contribution in [0.4, 0.5) is 0 Å². The first-order valence-corrected chi connectivity index (χ1v) is 5.84. The Morgan fingerprint density at radius 3 is 2.72 bits per heavy atom. The van der Waals surface area contributed by atoms with Gasteiger partial charge in [0, 0.05) is 19.8 Å². The van der Waals surface area contributed by atoms with Crippen molar-refractivity contribution in [1.82, 2.24) is 9.88 Å². The normalized spacial score (nSPS) is 10.0. The minimum Gasteiger partial charge on any atom is -0.469 e. The van der Waals surface area contributed by atoms with Crippen molar-refractivity contribution in [3.05, 3.63) is 28.0 Å². The van der Waals surface area contributed by atoms with Crippen molar-refractivity contribution in [2.45, 2.75) is 6.42 Å². The van der Waals surface area contributed by atoms with Crippen LogP contribution in [0.1, 0.15) is 16.8 Å². The Labute approximate surface area is 115 Å². The molecule has 0 spiro atoms. The molecule has 0 unspecified atom stereocenters. The van der Waals surface area contributed by atoms with E-state index in [1.54, 1.807) is 7.05 Å². The maximum absolute atomic E-state index is 12.0. The fourth-order valence-corrected chi connectivity index (χ4v) is 1.59. The number of pyridine rings is 1. The van der Waals surface area contributed by atoms with Gasteiger partial charge in [0.15, 0.2) is 0 Å². The van der Waals surface area contributed by atoms with Gasteiger partial charge in [-0.05, 0) is 6.07 Å². The summed E-state index contributed by atoms with van der Waals surface area (Å²) in [5.74, 6) is -0.707. The molecular weight excluding hydrogens is 279 g/mol. The Balaban J connectivity index is 2.74. The fourth-order valence-electron chi connectivity index (χ4n) is 1.25. The number of hydrogen-bond donors (Lipinski definition) is 0. The second-order valence-electron chi connectivity index (χ2n) is 3.54. The number of nitrogens with zero attached hydrogens (tertiary/aromatic N) is 2. The van der Waals surface area contributed by atoms with Gasteiger partial charge in [0.05, 0.1) is 24.1 Å². The molecule has 0 fully saturated rings. The smallest absolute Gasteiger partial charge is 0.307 e. The summed E-state index contributed by atoms with van der Waals surface area (Å²) in [6.45, 7) is 0.238. The summed E-state index contributed by atoms with van der Waals surface area (Å²) in [5.41, 5.74) is 0.254. The second-order valence-corrected chi connectivity index (χ2v) is 4.33. The van der Waals surface area contributed by atoms with Gasteiger partial charge in [0.25, 0.3) is 5.91 Å². The molecular formula is C11H12Cl2N2O3. The van der Waals surface area contributed by atoms with Crippen LogP contribution in [-0.2, 0) is 9.53 Å². The van der Waals surface area contributed by atoms with Gasteiger partial charge in [-0.2, -0.15) is 0 Å². The lowest BCUT2D eigenvalue weighted by Gasteiger charge is -2.17. The Morgan fingerprint density at radius 1 is 1.44 bits per heavy atom. The highest BCUT2D eigenvalue weighted by Crippen LogP contribution is 2.19. The van der Waals surface area contributed by atoms with E-state index in [4.69, 9.17) is 23.2 Å². The number of halogens is 2. The summed E-state index contributed by atoms with van der Waals surface area (Å²) < 4.78 is 4.49. The molecule has 7 heteroatoms. The molecule has 0 aliphatic rings. The molecule has 1 amide bonds. The van der Waals surface area contributed by atoms with Gasteiger partial charge < -0.3 is 9.64 Å². The highest BCUT2D eigenvalue weighted by molar-refractivity contribution is 6.35. The number of rotatable bonds is 4. The van der Waals surface area contributed by atoms with Crippen molar-refractivity contribution < 1.29 is 14.3 Å². The summed E-state index contributed by atoms with van der Waals surface area (Å²) in [7, 11) is 2.86. The first kappa shape index (κ1) is 14.7. The monoisotopic (exact) mass is 290 g/mol. The topological polar surface area (TPSA) is 59.5 Å². The van der Waals surface area contributed by atoms with E-state index >= 15 is 0 Å². The zero-order valence-corrected chi connectivity index (χ0v) is 11.5. The van der Waals surface area contributed by atoms with Crippen LogP contribution < -0.4 is 0 Å². The van der Waals surface area contributed by atoms with E-state index in [1.165, 1.54) is 24.3 Å². The number of carbonyl (C=O) groups is 2. The van der Waals surface area contributed by atoms with Crippen LogP contribution in [0.15, 0.2) is 12.3 Å². The molecule has 0 saturated carbocycles. The highest BCUT2D eigenvalue weighted by Gasteiger charge is 2.17. The second kappa shape index (κ2) is 6.56. The Kier molecular flexibility index (Phi) is 5.37. The Hall–Kier alpha value is -1.33. The third-order valence-corrected chi connectivity index (χ3v) is 2.79. The number of hydrogen-bond acceptors (Lipinski definition) is 4. The van der Waals surface area contributed by atoms with Crippen LogP contribution in [-0.4, -0.2) is 42.5 Å². The van der Waals surface area contributed by atoms with Crippen molar-refractivity contribution in [2.24, 2.45) is 0 Å². The maximum atomic E-state index is 12.0. The van der Waals surface area contributed by atoms with Gasteiger partial charge >= 0.3 is 5.97 Å². The highest BCUT2D eigenvalue weighted by atomic mass is 35.5. The summed E-state index contributed by atoms with van der Waals surface area (Å²) in [4.78, 5) is 28.1. The van der Waals surface area contributed by atoms with Crippen LogP contribution in [0.2, 0.25) is 10.2 Å². The molecule has 0 aliphatic heterocycles. The van der Waals surface area contributed by atoms with Crippen LogP contribution in [0.3, 0.4) is 0 Å². The molecule has 18 heavy (non-hydrogen) atoms. The van der Waals surface area contributed by atoms with E-state index in [1.807, 2.05) is 0 Å². The first-order valence-electron chi connectivity index (χ1n) is 5.09. The molecule has 98 valence electrons. The molecule has 0 bridgehead atoms. The van der Waals surface area contributed by atoms with Gasteiger partial charge in [-0.25, -0.2) is 4.98 Å². The van der Waals surface area contributed by atoms with Crippen molar-refractivity contribution in [3.8, 4) is 0 Å². The molecule has 0 N–H and O–H groups in total. The average Bonchev–Trinajstić information content (AvgIpc) is 2.37. The number of carbonyl (C=O) groups excluding carboxylic acids is 2. The lowest BCUT2D eigenvalue weighted by molar-refractivity contribution is -0.140. The first-order chi connectivity index (χ1) is 8.45. The predicted molar refractivity (Wildman–Crippen MR) is 67.9 cm³/mol. The van der Waals surface area contributed by atoms with Crippen LogP contribution in [0.5, 0.6) is 0 Å². The zero-order valence-electron chi connectivity index (χ0n) is 9.94. The van der Waals surface area contributed by atoms with E-state index in [0.717, 1.165) is 0 Å². The van der Waals surface area contributed by atoms with Crippen molar-refractivity contribution in [2.75, 3.05) is 20.7 Å². The molecule has 1 aromatic rings. The minimum atomic E-state index is -0.381. The molecule has 0 aliphatic carbocycles. The summed E-state index contributed by atoms with van der Waals surface area (Å²) in [6, 6.07) is 1.39. The molecule has 1 heterocycles. The molecule has 1 rings (SSSR count). The third-order valence-electron chi connectivity index (χ3n) is 2.28. The van der Waals surface area contributed by atoms with Gasteiger partial charge in [-0.3, -0.25) is 9.59 Å². The van der Waals surface area contributed by atoms with E-state index in [9.17, 15) is 9.59 Å². The molecule has 0 saturated heterocycles. The lowest BCUT2D eigenvalue weighted by Crippen LogP contribution is -2.29. The maximum Gasteiger partial charge on any atom is 0.307 e. The molecule has 0 aromatic carbocycles. The quantitative estimate of drug-likeness (QED) is 0.629. The van der Waals surface area contributed by atoms with Gasteiger partial charge in [-0.1, -0.05) is 23.2 Å². The number of amides is 1. The minimum absolute atomic E-state index is 0.120. The van der Waals surface area contributed by atoms with Crippen LogP contribution in [0, 0.1) is 0 Å².